The van der Waals surface area contributed by atoms with Crippen LogP contribution in [0.5, 0.6) is 0 Å². The largest absolute Gasteiger partial charge is 2.00 e. The topological polar surface area (TPSA) is 63.2 Å². The third-order valence-corrected chi connectivity index (χ3v) is 0. The molecule has 6 heteroatoms. The minimum absolute atomic E-state index is 0. The van der Waals surface area contributed by atoms with Gasteiger partial charge in [-0.25, -0.2) is 0 Å². The van der Waals surface area contributed by atoms with E-state index < -0.39 is 6.16 Å². The first kappa shape index (κ1) is 23.1. The molecule has 0 aromatic rings. The molecule has 0 saturated heterocycles. The molecule has 0 aromatic heterocycles. The summed E-state index contributed by atoms with van der Waals surface area (Å²) in [4.78, 5) is 8.33. The van der Waals surface area contributed by atoms with Crippen LogP contribution in [-0.4, -0.2) is 29.2 Å². The van der Waals surface area contributed by atoms with Crippen molar-refractivity contribution >= 4 is 29.2 Å². The monoisotopic (exact) mass is 158 g/mol. The van der Waals surface area contributed by atoms with Gasteiger partial charge in [0.25, 0.3) is 0 Å². The number of carbonyl (C=O) groups excluding carboxylic acids is 1. The van der Waals surface area contributed by atoms with Gasteiger partial charge in [-0.15, -0.1) is 0 Å². The zero-order valence-electron chi connectivity index (χ0n) is 3.81. The van der Waals surface area contributed by atoms with Crippen molar-refractivity contribution < 1.29 is 78.8 Å². The van der Waals surface area contributed by atoms with Gasteiger partial charge in [0.15, 0.2) is 0 Å². The summed E-state index contributed by atoms with van der Waals surface area (Å²) < 4.78 is 0. The number of carbonyl (C=O) groups is 1. The first-order valence-corrected chi connectivity index (χ1v) is 0.612. The van der Waals surface area contributed by atoms with Crippen LogP contribution >= 0.6 is 0 Å². The Hall–Kier alpha value is 1.96. The zero-order chi connectivity index (χ0) is 3.58. The molecule has 7 heavy (non-hydrogen) atoms. The number of hydrogen-bond acceptors (Lipinski definition) is 3. The van der Waals surface area contributed by atoms with Gasteiger partial charge in [0.1, 0.15) is 0 Å². The Kier molecular flexibility index (Phi) is 51.7. The molecule has 0 unspecified atom stereocenters. The average molecular weight is 159 g/mol. The molecule has 0 aliphatic carbocycles. The Bertz CT molecular complexity index is 37.9. The SMILES string of the molecule is O=C([O-])[O-].[Cl-].[K+].[Mg+2]. The van der Waals surface area contributed by atoms with Crippen molar-refractivity contribution in [2.24, 2.45) is 0 Å². The van der Waals surface area contributed by atoms with E-state index in [2.05, 4.69) is 0 Å². The Labute approximate surface area is 106 Å². The molecule has 0 spiro atoms. The van der Waals surface area contributed by atoms with Gasteiger partial charge in [-0.2, -0.15) is 0 Å². The van der Waals surface area contributed by atoms with Crippen LogP contribution in [0.1, 0.15) is 0 Å². The quantitative estimate of drug-likeness (QED) is 0.329. The number of hydrogen-bond donors (Lipinski definition) is 0. The van der Waals surface area contributed by atoms with Crippen LogP contribution in [0.3, 0.4) is 0 Å². The first-order chi connectivity index (χ1) is 1.73. The Morgan fingerprint density at radius 1 is 1.29 bits per heavy atom. The van der Waals surface area contributed by atoms with Crippen LogP contribution in [0.4, 0.5) is 4.79 Å². The van der Waals surface area contributed by atoms with Crippen LogP contribution in [0.2, 0.25) is 0 Å². The number of carboxylic acid groups (broad SMARTS) is 2. The summed E-state index contributed by atoms with van der Waals surface area (Å²) in [5, 5.41) is 16.7. The predicted molar refractivity (Wildman–Crippen MR) is 11.1 cm³/mol. The molecular formula is CClKMgO3. The van der Waals surface area contributed by atoms with E-state index in [1.807, 2.05) is 0 Å². The Balaban J connectivity index is -0.0000000150. The van der Waals surface area contributed by atoms with E-state index in [9.17, 15) is 0 Å². The molecule has 0 aliphatic heterocycles. The van der Waals surface area contributed by atoms with E-state index in [0.717, 1.165) is 0 Å². The molecule has 0 aliphatic rings. The van der Waals surface area contributed by atoms with Crippen LogP contribution in [-0.2, 0) is 0 Å². The maximum absolute atomic E-state index is 8.33. The molecule has 0 rings (SSSR count). The Morgan fingerprint density at radius 3 is 1.29 bits per heavy atom. The third-order valence-electron chi connectivity index (χ3n) is 0. The minimum Gasteiger partial charge on any atom is -1.00 e. The fourth-order valence-corrected chi connectivity index (χ4v) is 0. The molecule has 0 saturated carbocycles. The van der Waals surface area contributed by atoms with E-state index in [-0.39, 0.29) is 86.8 Å². The summed E-state index contributed by atoms with van der Waals surface area (Å²) in [5.74, 6) is 0. The second kappa shape index (κ2) is 15.7. The van der Waals surface area contributed by atoms with Gasteiger partial charge in [0, 0.05) is 0 Å². The smallest absolute Gasteiger partial charge is 1.00 e. The summed E-state index contributed by atoms with van der Waals surface area (Å²) in [7, 11) is 0. The molecule has 0 atom stereocenters. The summed E-state index contributed by atoms with van der Waals surface area (Å²) >= 11 is 0. The predicted octanol–water partition coefficient (Wildman–Crippen LogP) is -8.82. The summed E-state index contributed by atoms with van der Waals surface area (Å²) in [5.41, 5.74) is 0. The van der Waals surface area contributed by atoms with E-state index >= 15 is 0 Å². The fraction of sp³-hybridized carbons (Fsp3) is 0. The molecule has 3 nitrogen and oxygen atoms in total. The molecule has 0 bridgehead atoms. The van der Waals surface area contributed by atoms with Gasteiger partial charge in [0.05, 0.1) is 0 Å². The average Bonchev–Trinajstić information content (AvgIpc) is 0.811. The number of rotatable bonds is 0. The van der Waals surface area contributed by atoms with E-state index in [1.54, 1.807) is 0 Å². The minimum atomic E-state index is -2.33. The van der Waals surface area contributed by atoms with E-state index in [0.29, 0.717) is 0 Å². The summed E-state index contributed by atoms with van der Waals surface area (Å²) in [6.07, 6.45) is -2.33. The molecule has 0 heterocycles. The van der Waals surface area contributed by atoms with Gasteiger partial charge in [-0.05, 0) is 6.16 Å². The third kappa shape index (κ3) is 73.5. The molecule has 0 N–H and O–H groups in total. The van der Waals surface area contributed by atoms with E-state index in [1.165, 1.54) is 0 Å². The van der Waals surface area contributed by atoms with Crippen molar-refractivity contribution in [3.63, 3.8) is 0 Å². The van der Waals surface area contributed by atoms with E-state index in [4.69, 9.17) is 15.0 Å². The fourth-order valence-electron chi connectivity index (χ4n) is 0. The van der Waals surface area contributed by atoms with Gasteiger partial charge < -0.3 is 27.4 Å². The second-order valence-corrected chi connectivity index (χ2v) is 0.250. The van der Waals surface area contributed by atoms with Crippen LogP contribution < -0.4 is 74.0 Å². The standard InChI is InChI=1S/CH2O3.ClH.K.Mg/c2-1(3)4;;;/h(H2,2,3,4);1H;;/q;;+1;+2/p-3. The van der Waals surface area contributed by atoms with Gasteiger partial charge in [0.2, 0.25) is 0 Å². The molecule has 0 fully saturated rings. The number of halogens is 1. The molecule has 0 radical (unpaired) electrons. The molecule has 32 valence electrons. The zero-order valence-corrected chi connectivity index (χ0v) is 9.10. The molecule has 0 aromatic carbocycles. The first-order valence-electron chi connectivity index (χ1n) is 0.612. The van der Waals surface area contributed by atoms with Crippen LogP contribution in [0.25, 0.3) is 0 Å². The maximum Gasteiger partial charge on any atom is 2.00 e. The maximum atomic E-state index is 8.33. The van der Waals surface area contributed by atoms with Crippen molar-refractivity contribution in [3.05, 3.63) is 0 Å². The van der Waals surface area contributed by atoms with Crippen LogP contribution in [0.15, 0.2) is 0 Å². The Morgan fingerprint density at radius 2 is 1.29 bits per heavy atom. The van der Waals surface area contributed by atoms with Crippen molar-refractivity contribution in [2.75, 3.05) is 0 Å². The van der Waals surface area contributed by atoms with Gasteiger partial charge >= 0.3 is 74.4 Å². The molecule has 0 amide bonds. The summed E-state index contributed by atoms with van der Waals surface area (Å²) in [6.45, 7) is 0. The van der Waals surface area contributed by atoms with Crippen molar-refractivity contribution in [3.8, 4) is 0 Å². The second-order valence-electron chi connectivity index (χ2n) is 0.250. The summed E-state index contributed by atoms with van der Waals surface area (Å²) in [6, 6.07) is 0. The van der Waals surface area contributed by atoms with Gasteiger partial charge in [-0.3, -0.25) is 0 Å². The normalized spacial score (nSPS) is 3.43. The molecular weight excluding hydrogens is 159 g/mol. The van der Waals surface area contributed by atoms with Gasteiger partial charge in [-0.1, -0.05) is 0 Å². The van der Waals surface area contributed by atoms with Crippen molar-refractivity contribution in [1.29, 1.82) is 0 Å². The van der Waals surface area contributed by atoms with Crippen LogP contribution in [0, 0.1) is 0 Å². The van der Waals surface area contributed by atoms with Crippen molar-refractivity contribution in [1.82, 2.24) is 0 Å². The van der Waals surface area contributed by atoms with Crippen molar-refractivity contribution in [2.45, 2.75) is 0 Å².